The number of hydrogen-bond acceptors (Lipinski definition) is 3. The Bertz CT molecular complexity index is 1030. The fraction of sp³-hybridized carbons (Fsp3) is 0.304. The molecule has 1 amide bonds. The molecular weight excluding hydrogens is 414 g/mol. The van der Waals surface area contributed by atoms with Crippen LogP contribution in [-0.2, 0) is 27.0 Å². The molecule has 2 aromatic rings. The topological polar surface area (TPSA) is 46.6 Å². The highest BCUT2D eigenvalue weighted by Crippen LogP contribution is 2.43. The largest absolute Gasteiger partial charge is 0.463 e. The minimum absolute atomic E-state index is 0.0184. The van der Waals surface area contributed by atoms with Crippen molar-refractivity contribution in [2.24, 2.45) is 0 Å². The summed E-state index contributed by atoms with van der Waals surface area (Å²) >= 11 is 0. The quantitative estimate of drug-likeness (QED) is 0.479. The van der Waals surface area contributed by atoms with Crippen LogP contribution in [0.1, 0.15) is 42.9 Å². The number of alkyl halides is 3. The van der Waals surface area contributed by atoms with E-state index in [9.17, 15) is 27.2 Å². The second-order valence-corrected chi connectivity index (χ2v) is 7.13. The highest BCUT2D eigenvalue weighted by Gasteiger charge is 2.42. The minimum atomic E-state index is -4.66. The van der Waals surface area contributed by atoms with E-state index in [1.165, 1.54) is 48.2 Å². The molecule has 0 bridgehead atoms. The summed E-state index contributed by atoms with van der Waals surface area (Å²) in [5.41, 5.74) is -0.733. The van der Waals surface area contributed by atoms with Crippen LogP contribution < -0.4 is 0 Å². The van der Waals surface area contributed by atoms with Crippen molar-refractivity contribution in [1.29, 1.82) is 0 Å². The number of nitrogens with zero attached hydrogens (tertiary/aromatic N) is 1. The standard InChI is InChI=1S/C23H21F4NO3/c1-3-31-22(30)21-14(2)28(13-15-8-4-7-11-19(15)24)20(29)12-17(21)16-9-5-6-10-18(16)23(25,26)27/h4-11,17H,3,12-13H2,1-2H3. The molecule has 0 aromatic heterocycles. The van der Waals surface area contributed by atoms with Crippen LogP contribution in [-0.4, -0.2) is 23.4 Å². The Balaban J connectivity index is 2.13. The molecule has 0 spiro atoms. The Morgan fingerprint density at radius 3 is 2.42 bits per heavy atom. The Labute approximate surface area is 177 Å². The first-order chi connectivity index (χ1) is 14.6. The van der Waals surface area contributed by atoms with Crippen molar-refractivity contribution in [2.75, 3.05) is 6.61 Å². The zero-order valence-corrected chi connectivity index (χ0v) is 17.0. The van der Waals surface area contributed by atoms with Crippen LogP contribution in [0.4, 0.5) is 17.6 Å². The molecule has 0 aliphatic carbocycles. The van der Waals surface area contributed by atoms with Crippen molar-refractivity contribution in [3.63, 3.8) is 0 Å². The fourth-order valence-electron chi connectivity index (χ4n) is 3.80. The van der Waals surface area contributed by atoms with Crippen LogP contribution in [0, 0.1) is 5.82 Å². The minimum Gasteiger partial charge on any atom is -0.463 e. The van der Waals surface area contributed by atoms with Crippen molar-refractivity contribution in [3.8, 4) is 0 Å². The molecule has 1 aliphatic heterocycles. The summed E-state index contributed by atoms with van der Waals surface area (Å²) < 4.78 is 60.1. The molecule has 2 aromatic carbocycles. The van der Waals surface area contributed by atoms with Gasteiger partial charge < -0.3 is 9.64 Å². The molecule has 1 heterocycles. The molecule has 1 unspecified atom stereocenters. The number of amides is 1. The number of carbonyl (C=O) groups excluding carboxylic acids is 2. The molecule has 0 saturated heterocycles. The molecule has 0 fully saturated rings. The average molecular weight is 435 g/mol. The van der Waals surface area contributed by atoms with E-state index in [1.807, 2.05) is 0 Å². The second-order valence-electron chi connectivity index (χ2n) is 7.13. The number of halogens is 4. The van der Waals surface area contributed by atoms with Gasteiger partial charge in [0.2, 0.25) is 5.91 Å². The molecule has 31 heavy (non-hydrogen) atoms. The van der Waals surface area contributed by atoms with Crippen LogP contribution in [0.5, 0.6) is 0 Å². The van der Waals surface area contributed by atoms with Crippen LogP contribution in [0.2, 0.25) is 0 Å². The van der Waals surface area contributed by atoms with Gasteiger partial charge in [0, 0.05) is 23.6 Å². The third kappa shape index (κ3) is 4.62. The first-order valence-electron chi connectivity index (χ1n) is 9.72. The summed E-state index contributed by atoms with van der Waals surface area (Å²) in [6.45, 7) is 2.92. The van der Waals surface area contributed by atoms with Crippen LogP contribution >= 0.6 is 0 Å². The van der Waals surface area contributed by atoms with Crippen LogP contribution in [0.15, 0.2) is 59.8 Å². The molecule has 1 aliphatic rings. The summed E-state index contributed by atoms with van der Waals surface area (Å²) in [6.07, 6.45) is -5.02. The highest BCUT2D eigenvalue weighted by atomic mass is 19.4. The van der Waals surface area contributed by atoms with E-state index in [2.05, 4.69) is 0 Å². The maximum Gasteiger partial charge on any atom is 0.416 e. The van der Waals surface area contributed by atoms with E-state index >= 15 is 0 Å². The number of carbonyl (C=O) groups is 2. The average Bonchev–Trinajstić information content (AvgIpc) is 2.71. The van der Waals surface area contributed by atoms with E-state index in [-0.39, 0.29) is 42.0 Å². The van der Waals surface area contributed by atoms with Gasteiger partial charge in [0.05, 0.1) is 24.3 Å². The lowest BCUT2D eigenvalue weighted by atomic mass is 9.81. The van der Waals surface area contributed by atoms with Crippen molar-refractivity contribution >= 4 is 11.9 Å². The number of ether oxygens (including phenoxy) is 1. The number of esters is 1. The molecule has 3 rings (SSSR count). The molecule has 164 valence electrons. The third-order valence-electron chi connectivity index (χ3n) is 5.25. The smallest absolute Gasteiger partial charge is 0.416 e. The van der Waals surface area contributed by atoms with Crippen molar-refractivity contribution in [3.05, 3.63) is 82.3 Å². The molecule has 4 nitrogen and oxygen atoms in total. The van der Waals surface area contributed by atoms with Crippen LogP contribution in [0.25, 0.3) is 0 Å². The lowest BCUT2D eigenvalue weighted by Crippen LogP contribution is -2.38. The predicted octanol–water partition coefficient (Wildman–Crippen LogP) is 5.20. The van der Waals surface area contributed by atoms with Crippen molar-refractivity contribution in [1.82, 2.24) is 4.90 Å². The third-order valence-corrected chi connectivity index (χ3v) is 5.25. The van der Waals surface area contributed by atoms with E-state index in [1.54, 1.807) is 13.0 Å². The van der Waals surface area contributed by atoms with E-state index in [0.717, 1.165) is 6.07 Å². The maximum atomic E-state index is 14.1. The Morgan fingerprint density at radius 2 is 1.77 bits per heavy atom. The summed E-state index contributed by atoms with van der Waals surface area (Å²) in [4.78, 5) is 26.9. The fourth-order valence-corrected chi connectivity index (χ4v) is 3.80. The molecular formula is C23H21F4NO3. The zero-order valence-electron chi connectivity index (χ0n) is 17.0. The summed E-state index contributed by atoms with van der Waals surface area (Å²) in [5.74, 6) is -2.95. The second kappa shape index (κ2) is 8.91. The summed E-state index contributed by atoms with van der Waals surface area (Å²) in [7, 11) is 0. The van der Waals surface area contributed by atoms with E-state index in [4.69, 9.17) is 4.74 Å². The van der Waals surface area contributed by atoms with Gasteiger partial charge in [-0.15, -0.1) is 0 Å². The highest BCUT2D eigenvalue weighted by molar-refractivity contribution is 5.96. The maximum absolute atomic E-state index is 14.1. The van der Waals surface area contributed by atoms with Gasteiger partial charge in [0.1, 0.15) is 5.82 Å². The normalized spacial score (nSPS) is 17.2. The monoisotopic (exact) mass is 435 g/mol. The Hall–Kier alpha value is -3.16. The van der Waals surface area contributed by atoms with Gasteiger partial charge in [0.25, 0.3) is 0 Å². The summed E-state index contributed by atoms with van der Waals surface area (Å²) in [5, 5.41) is 0. The van der Waals surface area contributed by atoms with E-state index in [0.29, 0.717) is 0 Å². The SMILES string of the molecule is CCOC(=O)C1=C(C)N(Cc2ccccc2F)C(=O)CC1c1ccccc1C(F)(F)F. The number of allylic oxidation sites excluding steroid dienone is 1. The van der Waals surface area contributed by atoms with Gasteiger partial charge in [-0.3, -0.25) is 4.79 Å². The molecule has 0 N–H and O–H groups in total. The van der Waals surface area contributed by atoms with Crippen molar-refractivity contribution in [2.45, 2.75) is 38.9 Å². The van der Waals surface area contributed by atoms with Gasteiger partial charge in [-0.1, -0.05) is 36.4 Å². The molecule has 0 saturated carbocycles. The Kier molecular flexibility index (Phi) is 6.48. The lowest BCUT2D eigenvalue weighted by Gasteiger charge is -2.35. The van der Waals surface area contributed by atoms with Gasteiger partial charge in [-0.2, -0.15) is 13.2 Å². The van der Waals surface area contributed by atoms with E-state index < -0.39 is 35.4 Å². The molecule has 0 radical (unpaired) electrons. The molecule has 1 atom stereocenters. The zero-order chi connectivity index (χ0) is 22.8. The number of hydrogen-bond donors (Lipinski definition) is 0. The number of rotatable bonds is 5. The molecule has 8 heteroatoms. The Morgan fingerprint density at radius 1 is 1.13 bits per heavy atom. The summed E-state index contributed by atoms with van der Waals surface area (Å²) in [6, 6.07) is 10.7. The van der Waals surface area contributed by atoms with Gasteiger partial charge in [0.15, 0.2) is 0 Å². The van der Waals surface area contributed by atoms with Gasteiger partial charge in [-0.25, -0.2) is 9.18 Å². The number of benzene rings is 2. The van der Waals surface area contributed by atoms with Gasteiger partial charge in [-0.05, 0) is 31.5 Å². The predicted molar refractivity (Wildman–Crippen MR) is 105 cm³/mol. The van der Waals surface area contributed by atoms with Crippen molar-refractivity contribution < 1.29 is 31.9 Å². The first-order valence-corrected chi connectivity index (χ1v) is 9.72. The van der Waals surface area contributed by atoms with Crippen LogP contribution in [0.3, 0.4) is 0 Å². The van der Waals surface area contributed by atoms with Gasteiger partial charge >= 0.3 is 12.1 Å². The lowest BCUT2D eigenvalue weighted by molar-refractivity contribution is -0.142. The first kappa shape index (κ1) is 22.5.